The molecule has 0 saturated carbocycles. The third-order valence-corrected chi connectivity index (χ3v) is 9.98. The molecule has 0 aliphatic rings. The Bertz CT molecular complexity index is 2830. The van der Waals surface area contributed by atoms with Gasteiger partial charge in [0.1, 0.15) is 5.56 Å². The van der Waals surface area contributed by atoms with Crippen LogP contribution in [-0.4, -0.2) is 14.1 Å². The van der Waals surface area contributed by atoms with Crippen LogP contribution in [0.5, 0.6) is 0 Å². The maximum absolute atomic E-state index is 16.0. The van der Waals surface area contributed by atoms with Gasteiger partial charge in [0, 0.05) is 32.7 Å². The highest BCUT2D eigenvalue weighted by atomic mass is 19.4. The lowest BCUT2D eigenvalue weighted by Crippen LogP contribution is -2.16. The number of halogens is 9. The lowest BCUT2D eigenvalue weighted by Gasteiger charge is -2.23. The Morgan fingerprint density at radius 2 is 0.786 bits per heavy atom. The topological polar surface area (TPSA) is 22.8 Å². The van der Waals surface area contributed by atoms with Crippen molar-refractivity contribution in [2.45, 2.75) is 18.5 Å². The van der Waals surface area contributed by atoms with Crippen molar-refractivity contribution >= 4 is 43.6 Å². The third-order valence-electron chi connectivity index (χ3n) is 9.98. The Labute approximate surface area is 311 Å². The number of para-hydroxylation sites is 2. The third kappa shape index (κ3) is 5.75. The van der Waals surface area contributed by atoms with Crippen molar-refractivity contribution < 1.29 is 39.5 Å². The molecule has 0 radical (unpaired) electrons. The Balaban J connectivity index is 1.48. The first-order chi connectivity index (χ1) is 26.7. The molecule has 3 heterocycles. The fourth-order valence-electron chi connectivity index (χ4n) is 7.58. The van der Waals surface area contributed by atoms with Gasteiger partial charge in [-0.1, -0.05) is 84.9 Å². The van der Waals surface area contributed by atoms with E-state index in [9.17, 15) is 26.3 Å². The Morgan fingerprint density at radius 1 is 0.357 bits per heavy atom. The van der Waals surface area contributed by atoms with Crippen LogP contribution < -0.4 is 0 Å². The largest absolute Gasteiger partial charge is 0.420 e. The molecule has 9 aromatic rings. The zero-order valence-corrected chi connectivity index (χ0v) is 28.6. The second-order valence-electron chi connectivity index (χ2n) is 13.3. The Hall–Kier alpha value is -6.56. The van der Waals surface area contributed by atoms with Crippen LogP contribution in [0.2, 0.25) is 0 Å². The van der Waals surface area contributed by atoms with Gasteiger partial charge in [-0.3, -0.25) is 0 Å². The first kappa shape index (κ1) is 35.2. The van der Waals surface area contributed by atoms with Gasteiger partial charge in [0.15, 0.2) is 0 Å². The Kier molecular flexibility index (Phi) is 7.84. The molecule has 12 heteroatoms. The molecule has 3 nitrogen and oxygen atoms in total. The predicted molar refractivity (Wildman–Crippen MR) is 199 cm³/mol. The molecule has 0 spiro atoms. The average Bonchev–Trinajstić information content (AvgIpc) is 3.69. The molecule has 0 aliphatic carbocycles. The summed E-state index contributed by atoms with van der Waals surface area (Å²) in [6.07, 6.45) is -14.8. The predicted octanol–water partition coefficient (Wildman–Crippen LogP) is 13.7. The van der Waals surface area contributed by atoms with E-state index in [0.29, 0.717) is 22.0 Å². The maximum Gasteiger partial charge on any atom is 0.420 e. The number of alkyl halides is 9. The van der Waals surface area contributed by atoms with Crippen LogP contribution >= 0.6 is 0 Å². The maximum atomic E-state index is 16.0. The average molecular weight is 766 g/mol. The van der Waals surface area contributed by atoms with Crippen LogP contribution in [0.3, 0.4) is 0 Å². The van der Waals surface area contributed by atoms with Gasteiger partial charge in [-0.2, -0.15) is 39.5 Å². The van der Waals surface area contributed by atoms with E-state index in [1.807, 2.05) is 18.2 Å². The SMILES string of the molecule is FC(F)(F)c1ccc2c3ccccc3n(-c3cc(-c4cccc(-c5ccccc5)n4)cc(-n4c5ccccc5c5ccc(C(F)(F)F)cc54)c3C(F)(F)F)c2c1. The first-order valence-electron chi connectivity index (χ1n) is 17.2. The van der Waals surface area contributed by atoms with Crippen LogP contribution in [0.1, 0.15) is 16.7 Å². The van der Waals surface area contributed by atoms with E-state index in [0.717, 1.165) is 33.4 Å². The molecule has 0 fully saturated rings. The summed E-state index contributed by atoms with van der Waals surface area (Å²) >= 11 is 0. The van der Waals surface area contributed by atoms with E-state index in [4.69, 9.17) is 4.98 Å². The van der Waals surface area contributed by atoms with Crippen LogP contribution in [-0.2, 0) is 18.5 Å². The molecular weight excluding hydrogens is 741 g/mol. The quantitative estimate of drug-likeness (QED) is 0.164. The number of hydrogen-bond acceptors (Lipinski definition) is 1. The highest BCUT2D eigenvalue weighted by molar-refractivity contribution is 6.11. The van der Waals surface area contributed by atoms with Crippen molar-refractivity contribution in [2.24, 2.45) is 0 Å². The lowest BCUT2D eigenvalue weighted by molar-refractivity contribution is -0.138. The molecular formula is C44H24F9N3. The molecule has 0 N–H and O–H groups in total. The summed E-state index contributed by atoms with van der Waals surface area (Å²) < 4.78 is 136. The number of aromatic nitrogens is 3. The van der Waals surface area contributed by atoms with Crippen LogP contribution in [0, 0.1) is 0 Å². The van der Waals surface area contributed by atoms with E-state index >= 15 is 13.2 Å². The number of rotatable bonds is 4. The fourth-order valence-corrected chi connectivity index (χ4v) is 7.58. The summed E-state index contributed by atoms with van der Waals surface area (Å²) in [5, 5.41) is 1.33. The minimum atomic E-state index is -5.19. The van der Waals surface area contributed by atoms with E-state index in [2.05, 4.69) is 0 Å². The number of pyridine rings is 1. The van der Waals surface area contributed by atoms with E-state index in [1.54, 1.807) is 66.7 Å². The van der Waals surface area contributed by atoms with E-state index in [1.165, 1.54) is 36.4 Å². The zero-order chi connectivity index (χ0) is 39.1. The summed E-state index contributed by atoms with van der Waals surface area (Å²) in [6, 6.07) is 34.9. The number of fused-ring (bicyclic) bond motifs is 6. The van der Waals surface area contributed by atoms with Gasteiger partial charge in [-0.15, -0.1) is 0 Å². The van der Waals surface area contributed by atoms with Crippen LogP contribution in [0.4, 0.5) is 39.5 Å². The minimum Gasteiger partial charge on any atom is -0.309 e. The van der Waals surface area contributed by atoms with Crippen molar-refractivity contribution in [3.05, 3.63) is 162 Å². The summed E-state index contributed by atoms with van der Waals surface area (Å²) in [5.41, 5.74) is -2.88. The van der Waals surface area contributed by atoms with Gasteiger partial charge in [0.25, 0.3) is 0 Å². The standard InChI is InChI=1S/C44H24F9N3/c45-42(46,47)27-17-19-31-29-11-4-6-15-35(29)55(37(31)23-27)39-21-26(34-14-8-13-33(54-34)25-9-2-1-3-10-25)22-40(41(39)44(51,52)53)56-36-16-7-5-12-30(36)32-20-18-28(24-38(32)56)43(48,49)50/h1-24H. The summed E-state index contributed by atoms with van der Waals surface area (Å²) in [4.78, 5) is 4.79. The molecule has 3 aromatic heterocycles. The van der Waals surface area contributed by atoms with Crippen LogP contribution in [0.25, 0.3) is 77.5 Å². The summed E-state index contributed by atoms with van der Waals surface area (Å²) in [6.45, 7) is 0. The second kappa shape index (κ2) is 12.5. The number of hydrogen-bond donors (Lipinski definition) is 0. The molecule has 9 rings (SSSR count). The highest BCUT2D eigenvalue weighted by Gasteiger charge is 2.40. The van der Waals surface area contributed by atoms with Gasteiger partial charge >= 0.3 is 18.5 Å². The molecule has 0 atom stereocenters. The van der Waals surface area contributed by atoms with Gasteiger partial charge in [0.05, 0.1) is 56.0 Å². The van der Waals surface area contributed by atoms with Crippen molar-refractivity contribution in [3.63, 3.8) is 0 Å². The van der Waals surface area contributed by atoms with Gasteiger partial charge < -0.3 is 9.13 Å². The van der Waals surface area contributed by atoms with E-state index < -0.39 is 46.6 Å². The first-order valence-corrected chi connectivity index (χ1v) is 17.2. The molecule has 0 amide bonds. The van der Waals surface area contributed by atoms with Gasteiger partial charge in [0.2, 0.25) is 0 Å². The molecule has 278 valence electrons. The number of benzene rings is 6. The van der Waals surface area contributed by atoms with Crippen LogP contribution in [0.15, 0.2) is 146 Å². The van der Waals surface area contributed by atoms with Crippen molar-refractivity contribution in [1.29, 1.82) is 0 Å². The zero-order valence-electron chi connectivity index (χ0n) is 28.6. The van der Waals surface area contributed by atoms with Crippen molar-refractivity contribution in [2.75, 3.05) is 0 Å². The van der Waals surface area contributed by atoms with Crippen molar-refractivity contribution in [1.82, 2.24) is 14.1 Å². The van der Waals surface area contributed by atoms with Gasteiger partial charge in [-0.05, 0) is 60.7 Å². The Morgan fingerprint density at radius 3 is 1.25 bits per heavy atom. The molecule has 6 aromatic carbocycles. The highest BCUT2D eigenvalue weighted by Crippen LogP contribution is 2.47. The summed E-state index contributed by atoms with van der Waals surface area (Å²) in [5.74, 6) is 0. The second-order valence-corrected chi connectivity index (χ2v) is 13.3. The normalized spacial score (nSPS) is 12.7. The number of nitrogens with zero attached hydrogens (tertiary/aromatic N) is 3. The smallest absolute Gasteiger partial charge is 0.309 e. The monoisotopic (exact) mass is 765 g/mol. The molecule has 0 saturated heterocycles. The molecule has 0 unspecified atom stereocenters. The fraction of sp³-hybridized carbons (Fsp3) is 0.0682. The van der Waals surface area contributed by atoms with Gasteiger partial charge in [-0.25, -0.2) is 4.98 Å². The lowest BCUT2D eigenvalue weighted by atomic mass is 10.0. The molecule has 0 bridgehead atoms. The minimum absolute atomic E-state index is 0.136. The van der Waals surface area contributed by atoms with Crippen molar-refractivity contribution in [3.8, 4) is 33.9 Å². The molecule has 0 aliphatic heterocycles. The molecule has 56 heavy (non-hydrogen) atoms. The van der Waals surface area contributed by atoms with E-state index in [-0.39, 0.29) is 44.1 Å². The summed E-state index contributed by atoms with van der Waals surface area (Å²) in [7, 11) is 0.